The molecule has 0 atom stereocenters. The van der Waals surface area contributed by atoms with Crippen molar-refractivity contribution in [2.45, 2.75) is 63.3 Å². The van der Waals surface area contributed by atoms with Crippen LogP contribution in [0.1, 0.15) is 45.4 Å². The van der Waals surface area contributed by atoms with Crippen molar-refractivity contribution >= 4 is 29.9 Å². The molecule has 0 aromatic carbocycles. The Labute approximate surface area is 170 Å². The highest BCUT2D eigenvalue weighted by atomic mass is 127. The van der Waals surface area contributed by atoms with E-state index < -0.39 is 12.1 Å². The zero-order valence-electron chi connectivity index (χ0n) is 15.5. The monoisotopic (exact) mass is 493 g/mol. The number of guanidine groups is 1. The summed E-state index contributed by atoms with van der Waals surface area (Å²) in [5.41, 5.74) is -0.311. The summed E-state index contributed by atoms with van der Waals surface area (Å²) in [6.07, 6.45) is -1.10. The summed E-state index contributed by atoms with van der Waals surface area (Å²) >= 11 is 0. The number of hydrogen-bond acceptors (Lipinski definition) is 3. The lowest BCUT2D eigenvalue weighted by atomic mass is 9.85. The number of methoxy groups -OCH3 is 1. The number of aliphatic imine (C=N–C) groups is 1. The van der Waals surface area contributed by atoms with Gasteiger partial charge in [-0.05, 0) is 32.6 Å². The second-order valence-electron chi connectivity index (χ2n) is 6.93. The third-order valence-electron chi connectivity index (χ3n) is 5.24. The van der Waals surface area contributed by atoms with E-state index in [1.165, 1.54) is 0 Å². The summed E-state index contributed by atoms with van der Waals surface area (Å²) in [6, 6.07) is 0.0320. The Morgan fingerprint density at radius 3 is 2.31 bits per heavy atom. The molecule has 9 heteroatoms. The van der Waals surface area contributed by atoms with Gasteiger partial charge in [0.2, 0.25) is 0 Å². The van der Waals surface area contributed by atoms with Crippen molar-refractivity contribution in [1.82, 2.24) is 10.6 Å². The molecule has 0 aromatic rings. The van der Waals surface area contributed by atoms with E-state index in [4.69, 9.17) is 9.47 Å². The summed E-state index contributed by atoms with van der Waals surface area (Å²) < 4.78 is 49.4. The van der Waals surface area contributed by atoms with Crippen LogP contribution in [0.5, 0.6) is 0 Å². The molecule has 1 heterocycles. The molecular formula is C17H31F3IN3O2. The maximum atomic E-state index is 12.8. The molecule has 0 bridgehead atoms. The smallest absolute Gasteiger partial charge is 0.381 e. The molecule has 154 valence electrons. The average molecular weight is 493 g/mol. The van der Waals surface area contributed by atoms with Crippen molar-refractivity contribution in [2.24, 2.45) is 10.9 Å². The molecule has 1 aliphatic heterocycles. The highest BCUT2D eigenvalue weighted by Crippen LogP contribution is 2.37. The van der Waals surface area contributed by atoms with Crippen LogP contribution < -0.4 is 10.6 Å². The average Bonchev–Trinajstić information content (AvgIpc) is 2.60. The minimum absolute atomic E-state index is 0. The maximum Gasteiger partial charge on any atom is 0.391 e. The number of rotatable bonds is 5. The summed E-state index contributed by atoms with van der Waals surface area (Å²) in [4.78, 5) is 4.63. The molecular weight excluding hydrogens is 462 g/mol. The van der Waals surface area contributed by atoms with Gasteiger partial charge in [-0.25, -0.2) is 0 Å². The fourth-order valence-corrected chi connectivity index (χ4v) is 3.47. The van der Waals surface area contributed by atoms with Crippen LogP contribution in [0, 0.1) is 5.92 Å². The summed E-state index contributed by atoms with van der Waals surface area (Å²) in [7, 11) is 1.69. The minimum atomic E-state index is -4.07. The number of nitrogens with zero attached hydrogens (tertiary/aromatic N) is 1. The second-order valence-corrected chi connectivity index (χ2v) is 6.93. The van der Waals surface area contributed by atoms with Crippen molar-refractivity contribution in [3.05, 3.63) is 0 Å². The van der Waals surface area contributed by atoms with E-state index in [9.17, 15) is 13.2 Å². The Hall–Kier alpha value is -0.290. The Bertz CT molecular complexity index is 435. The van der Waals surface area contributed by atoms with E-state index in [-0.39, 0.29) is 48.5 Å². The standard InChI is InChI=1S/C17H30F3N3O2.HI/c1-3-21-15(22-12-16(24-2)8-10-25-11-9-16)23-14-6-4-13(5-7-14)17(18,19)20;/h13-14H,3-12H2,1-2H3,(H2,21,22,23);1H. The minimum Gasteiger partial charge on any atom is -0.381 e. The van der Waals surface area contributed by atoms with Gasteiger partial charge in [0, 0.05) is 45.8 Å². The van der Waals surface area contributed by atoms with Crippen LogP contribution in [0.3, 0.4) is 0 Å². The van der Waals surface area contributed by atoms with Gasteiger partial charge in [0.25, 0.3) is 0 Å². The molecule has 0 radical (unpaired) electrons. The Morgan fingerprint density at radius 1 is 1.19 bits per heavy atom. The van der Waals surface area contributed by atoms with E-state index in [1.54, 1.807) is 7.11 Å². The van der Waals surface area contributed by atoms with E-state index in [2.05, 4.69) is 15.6 Å². The molecule has 5 nitrogen and oxygen atoms in total. The fraction of sp³-hybridized carbons (Fsp3) is 0.941. The first-order chi connectivity index (χ1) is 11.9. The number of ether oxygens (including phenoxy) is 2. The van der Waals surface area contributed by atoms with Crippen LogP contribution in [-0.2, 0) is 9.47 Å². The van der Waals surface area contributed by atoms with Crippen molar-refractivity contribution in [1.29, 1.82) is 0 Å². The molecule has 0 spiro atoms. The van der Waals surface area contributed by atoms with Gasteiger partial charge < -0.3 is 20.1 Å². The molecule has 0 amide bonds. The van der Waals surface area contributed by atoms with Gasteiger partial charge in [0.05, 0.1) is 18.1 Å². The van der Waals surface area contributed by atoms with E-state index >= 15 is 0 Å². The molecule has 0 unspecified atom stereocenters. The number of nitrogens with one attached hydrogen (secondary N) is 2. The zero-order chi connectivity index (χ0) is 18.3. The van der Waals surface area contributed by atoms with Gasteiger partial charge >= 0.3 is 6.18 Å². The van der Waals surface area contributed by atoms with Gasteiger partial charge in [-0.15, -0.1) is 24.0 Å². The first-order valence-corrected chi connectivity index (χ1v) is 9.13. The molecule has 2 fully saturated rings. The lowest BCUT2D eigenvalue weighted by Crippen LogP contribution is -2.47. The Balaban J connectivity index is 0.00000338. The van der Waals surface area contributed by atoms with Crippen LogP contribution in [-0.4, -0.2) is 57.2 Å². The number of halogens is 4. The van der Waals surface area contributed by atoms with E-state index in [1.807, 2.05) is 6.92 Å². The van der Waals surface area contributed by atoms with E-state index in [0.717, 1.165) is 12.8 Å². The zero-order valence-corrected chi connectivity index (χ0v) is 17.9. The van der Waals surface area contributed by atoms with Gasteiger partial charge in [-0.3, -0.25) is 4.99 Å². The number of alkyl halides is 3. The third-order valence-corrected chi connectivity index (χ3v) is 5.24. The lowest BCUT2D eigenvalue weighted by molar-refractivity contribution is -0.182. The van der Waals surface area contributed by atoms with Crippen LogP contribution in [0.15, 0.2) is 4.99 Å². The van der Waals surface area contributed by atoms with Crippen molar-refractivity contribution in [3.63, 3.8) is 0 Å². The highest BCUT2D eigenvalue weighted by Gasteiger charge is 2.41. The molecule has 2 aliphatic rings. The Kier molecular flexibility index (Phi) is 9.95. The predicted molar refractivity (Wildman–Crippen MR) is 106 cm³/mol. The maximum absolute atomic E-state index is 12.8. The van der Waals surface area contributed by atoms with Crippen LogP contribution >= 0.6 is 24.0 Å². The van der Waals surface area contributed by atoms with Gasteiger partial charge in [0.1, 0.15) is 0 Å². The largest absolute Gasteiger partial charge is 0.391 e. The fourth-order valence-electron chi connectivity index (χ4n) is 3.47. The Morgan fingerprint density at radius 2 is 1.81 bits per heavy atom. The van der Waals surface area contributed by atoms with Crippen molar-refractivity contribution in [3.8, 4) is 0 Å². The summed E-state index contributed by atoms with van der Waals surface area (Å²) in [6.45, 7) is 4.51. The van der Waals surface area contributed by atoms with Gasteiger partial charge in [0.15, 0.2) is 5.96 Å². The normalized spacial score (nSPS) is 26.7. The second kappa shape index (κ2) is 10.9. The van der Waals surface area contributed by atoms with Crippen LogP contribution in [0.25, 0.3) is 0 Å². The summed E-state index contributed by atoms with van der Waals surface area (Å²) in [5, 5.41) is 6.48. The van der Waals surface area contributed by atoms with E-state index in [0.29, 0.717) is 45.1 Å². The molecule has 1 aliphatic carbocycles. The number of hydrogen-bond donors (Lipinski definition) is 2. The quantitative estimate of drug-likeness (QED) is 0.350. The molecule has 1 saturated heterocycles. The van der Waals surface area contributed by atoms with Crippen LogP contribution in [0.4, 0.5) is 13.2 Å². The van der Waals surface area contributed by atoms with Crippen molar-refractivity contribution < 1.29 is 22.6 Å². The van der Waals surface area contributed by atoms with Crippen molar-refractivity contribution in [2.75, 3.05) is 33.4 Å². The molecule has 1 saturated carbocycles. The first-order valence-electron chi connectivity index (χ1n) is 9.13. The molecule has 26 heavy (non-hydrogen) atoms. The molecule has 2 N–H and O–H groups in total. The first kappa shape index (κ1) is 23.7. The topological polar surface area (TPSA) is 54.9 Å². The van der Waals surface area contributed by atoms with Crippen LogP contribution in [0.2, 0.25) is 0 Å². The third kappa shape index (κ3) is 7.03. The molecule has 2 rings (SSSR count). The highest BCUT2D eigenvalue weighted by molar-refractivity contribution is 14.0. The SMILES string of the molecule is CCNC(=NCC1(OC)CCOCC1)NC1CCC(C(F)(F)F)CC1.I. The summed E-state index contributed by atoms with van der Waals surface area (Å²) in [5.74, 6) is -0.509. The van der Waals surface area contributed by atoms with Gasteiger partial charge in [-0.2, -0.15) is 13.2 Å². The predicted octanol–water partition coefficient (Wildman–Crippen LogP) is 3.48. The molecule has 0 aromatic heterocycles. The lowest BCUT2D eigenvalue weighted by Gasteiger charge is -2.35. The van der Waals surface area contributed by atoms with Gasteiger partial charge in [-0.1, -0.05) is 0 Å².